The van der Waals surface area contributed by atoms with Crippen molar-refractivity contribution in [2.75, 3.05) is 25.0 Å². The van der Waals surface area contributed by atoms with Gasteiger partial charge in [0.1, 0.15) is 0 Å². The van der Waals surface area contributed by atoms with Crippen molar-refractivity contribution in [3.63, 3.8) is 0 Å². The molecular weight excluding hydrogens is 352 g/mol. The SMILES string of the molecule is O=C(Nc1ccc2[nH]c(=O)sc2c1)C1CCN(C(=O)[C@@H]2CCCN2)CC1. The number of nitrogens with one attached hydrogen (secondary N) is 3. The Morgan fingerprint density at radius 3 is 2.73 bits per heavy atom. The molecule has 0 radical (unpaired) electrons. The van der Waals surface area contributed by atoms with Crippen LogP contribution in [0.4, 0.5) is 5.69 Å². The number of amides is 2. The predicted octanol–water partition coefficient (Wildman–Crippen LogP) is 1.52. The maximum Gasteiger partial charge on any atom is 0.305 e. The first-order valence-corrected chi connectivity index (χ1v) is 9.88. The minimum absolute atomic E-state index is 0.0154. The molecule has 2 aliphatic rings. The van der Waals surface area contributed by atoms with Crippen LogP contribution in [0.5, 0.6) is 0 Å². The topological polar surface area (TPSA) is 94.3 Å². The van der Waals surface area contributed by atoms with Gasteiger partial charge in [0.15, 0.2) is 0 Å². The zero-order valence-electron chi connectivity index (χ0n) is 14.4. The number of anilines is 1. The van der Waals surface area contributed by atoms with Crippen LogP contribution in [0.1, 0.15) is 25.7 Å². The van der Waals surface area contributed by atoms with Gasteiger partial charge in [0.2, 0.25) is 11.8 Å². The third-order valence-electron chi connectivity index (χ3n) is 5.22. The molecule has 2 fully saturated rings. The number of aromatic nitrogens is 1. The third-order valence-corrected chi connectivity index (χ3v) is 6.07. The summed E-state index contributed by atoms with van der Waals surface area (Å²) in [6.07, 6.45) is 3.33. The van der Waals surface area contributed by atoms with Crippen LogP contribution in [0.15, 0.2) is 23.0 Å². The van der Waals surface area contributed by atoms with Crippen LogP contribution in [0.25, 0.3) is 10.2 Å². The lowest BCUT2D eigenvalue weighted by Gasteiger charge is -2.33. The number of piperidine rings is 1. The highest BCUT2D eigenvalue weighted by molar-refractivity contribution is 7.16. The summed E-state index contributed by atoms with van der Waals surface area (Å²) in [5.74, 6) is 0.0729. The summed E-state index contributed by atoms with van der Waals surface area (Å²) >= 11 is 1.13. The van der Waals surface area contributed by atoms with Gasteiger partial charge in [-0.05, 0) is 50.4 Å². The number of hydrogen-bond acceptors (Lipinski definition) is 5. The van der Waals surface area contributed by atoms with E-state index in [2.05, 4.69) is 15.6 Å². The Bertz CT molecular complexity index is 876. The Labute approximate surface area is 154 Å². The largest absolute Gasteiger partial charge is 0.341 e. The second-order valence-electron chi connectivity index (χ2n) is 6.96. The molecule has 2 saturated heterocycles. The number of carbonyl (C=O) groups is 2. The van der Waals surface area contributed by atoms with E-state index in [1.54, 1.807) is 12.1 Å². The number of likely N-dealkylation sites (tertiary alicyclic amines) is 1. The zero-order valence-corrected chi connectivity index (χ0v) is 15.2. The summed E-state index contributed by atoms with van der Waals surface area (Å²) in [6.45, 7) is 2.18. The van der Waals surface area contributed by atoms with E-state index in [-0.39, 0.29) is 28.6 Å². The molecule has 26 heavy (non-hydrogen) atoms. The van der Waals surface area contributed by atoms with Gasteiger partial charge in [0.25, 0.3) is 0 Å². The fraction of sp³-hybridized carbons (Fsp3) is 0.500. The molecule has 0 spiro atoms. The van der Waals surface area contributed by atoms with Crippen LogP contribution in [0.3, 0.4) is 0 Å². The van der Waals surface area contributed by atoms with Crippen molar-refractivity contribution < 1.29 is 9.59 Å². The molecule has 2 aliphatic heterocycles. The van der Waals surface area contributed by atoms with E-state index < -0.39 is 0 Å². The molecule has 8 heteroatoms. The van der Waals surface area contributed by atoms with E-state index in [0.29, 0.717) is 31.6 Å². The molecule has 0 aliphatic carbocycles. The van der Waals surface area contributed by atoms with Crippen molar-refractivity contribution in [2.45, 2.75) is 31.7 Å². The predicted molar refractivity (Wildman–Crippen MR) is 101 cm³/mol. The normalized spacial score (nSPS) is 21.2. The first kappa shape index (κ1) is 17.2. The van der Waals surface area contributed by atoms with Gasteiger partial charge in [0.05, 0.1) is 16.3 Å². The zero-order chi connectivity index (χ0) is 18.1. The highest BCUT2D eigenvalue weighted by Crippen LogP contribution is 2.23. The second-order valence-corrected chi connectivity index (χ2v) is 7.98. The first-order chi connectivity index (χ1) is 12.6. The quantitative estimate of drug-likeness (QED) is 0.759. The van der Waals surface area contributed by atoms with Gasteiger partial charge in [-0.3, -0.25) is 14.4 Å². The molecule has 7 nitrogen and oxygen atoms in total. The number of thiazole rings is 1. The number of rotatable bonds is 3. The van der Waals surface area contributed by atoms with Crippen LogP contribution >= 0.6 is 11.3 Å². The van der Waals surface area contributed by atoms with Gasteiger partial charge in [-0.2, -0.15) is 0 Å². The van der Waals surface area contributed by atoms with Gasteiger partial charge in [-0.15, -0.1) is 0 Å². The number of hydrogen-bond donors (Lipinski definition) is 3. The molecular formula is C18H22N4O3S. The minimum Gasteiger partial charge on any atom is -0.341 e. The summed E-state index contributed by atoms with van der Waals surface area (Å²) in [5.41, 5.74) is 1.48. The van der Waals surface area contributed by atoms with Gasteiger partial charge >= 0.3 is 4.87 Å². The van der Waals surface area contributed by atoms with Crippen LogP contribution in [0, 0.1) is 5.92 Å². The molecule has 0 unspecified atom stereocenters. The summed E-state index contributed by atoms with van der Waals surface area (Å²) in [4.78, 5) is 40.9. The van der Waals surface area contributed by atoms with E-state index in [0.717, 1.165) is 40.9 Å². The van der Waals surface area contributed by atoms with Crippen molar-refractivity contribution in [1.29, 1.82) is 0 Å². The fourth-order valence-corrected chi connectivity index (χ4v) is 4.52. The average molecular weight is 374 g/mol. The number of fused-ring (bicyclic) bond motifs is 1. The van der Waals surface area contributed by atoms with Crippen molar-refractivity contribution in [2.24, 2.45) is 5.92 Å². The minimum atomic E-state index is -0.0998. The molecule has 3 heterocycles. The van der Waals surface area contributed by atoms with Crippen molar-refractivity contribution in [3.8, 4) is 0 Å². The number of nitrogens with zero attached hydrogens (tertiary/aromatic N) is 1. The van der Waals surface area contributed by atoms with Gasteiger partial charge in [0, 0.05) is 24.7 Å². The van der Waals surface area contributed by atoms with E-state index in [1.807, 2.05) is 11.0 Å². The number of benzene rings is 1. The maximum absolute atomic E-state index is 12.5. The summed E-state index contributed by atoms with van der Waals surface area (Å²) in [6, 6.07) is 5.38. The molecule has 1 aromatic heterocycles. The molecule has 1 aromatic carbocycles. The third kappa shape index (κ3) is 3.52. The number of carbonyl (C=O) groups excluding carboxylic acids is 2. The molecule has 0 bridgehead atoms. The maximum atomic E-state index is 12.5. The first-order valence-electron chi connectivity index (χ1n) is 9.06. The smallest absolute Gasteiger partial charge is 0.305 e. The molecule has 138 valence electrons. The highest BCUT2D eigenvalue weighted by atomic mass is 32.1. The van der Waals surface area contributed by atoms with Crippen molar-refractivity contribution >= 4 is 39.1 Å². The standard InChI is InChI=1S/C18H22N4O3S/c23-16(20-12-3-4-13-15(10-12)26-18(25)21-13)11-5-8-22(9-6-11)17(24)14-2-1-7-19-14/h3-4,10-11,14,19H,1-2,5-9H2,(H,20,23)(H,21,25)/t14-/m0/s1. The highest BCUT2D eigenvalue weighted by Gasteiger charge is 2.31. The summed E-state index contributed by atoms with van der Waals surface area (Å²) in [5, 5.41) is 6.19. The van der Waals surface area contributed by atoms with Gasteiger partial charge < -0.3 is 20.5 Å². The Kier molecular flexibility index (Phi) is 4.78. The van der Waals surface area contributed by atoms with Gasteiger partial charge in [-0.1, -0.05) is 11.3 Å². The van der Waals surface area contributed by atoms with Crippen molar-refractivity contribution in [1.82, 2.24) is 15.2 Å². The Morgan fingerprint density at radius 2 is 2.00 bits per heavy atom. The van der Waals surface area contributed by atoms with Crippen molar-refractivity contribution in [3.05, 3.63) is 27.9 Å². The molecule has 0 saturated carbocycles. The van der Waals surface area contributed by atoms with Crippen LogP contribution in [0.2, 0.25) is 0 Å². The van der Waals surface area contributed by atoms with E-state index >= 15 is 0 Å². The van der Waals surface area contributed by atoms with Crippen LogP contribution in [-0.2, 0) is 9.59 Å². The van der Waals surface area contributed by atoms with E-state index in [9.17, 15) is 14.4 Å². The average Bonchev–Trinajstić information content (AvgIpc) is 3.29. The summed E-state index contributed by atoms with van der Waals surface area (Å²) in [7, 11) is 0. The fourth-order valence-electron chi connectivity index (χ4n) is 3.75. The molecule has 1 atom stereocenters. The summed E-state index contributed by atoms with van der Waals surface area (Å²) < 4.78 is 0.831. The van der Waals surface area contributed by atoms with Crippen LogP contribution < -0.4 is 15.5 Å². The number of aromatic amines is 1. The Hall–Kier alpha value is -2.19. The molecule has 2 aromatic rings. The monoisotopic (exact) mass is 374 g/mol. The van der Waals surface area contributed by atoms with E-state index in [1.165, 1.54) is 0 Å². The lowest BCUT2D eigenvalue weighted by atomic mass is 9.95. The van der Waals surface area contributed by atoms with Gasteiger partial charge in [-0.25, -0.2) is 0 Å². The Balaban J connectivity index is 1.34. The second kappa shape index (κ2) is 7.20. The lowest BCUT2D eigenvalue weighted by Crippen LogP contribution is -2.48. The molecule has 4 rings (SSSR count). The Morgan fingerprint density at radius 1 is 1.19 bits per heavy atom. The van der Waals surface area contributed by atoms with E-state index in [4.69, 9.17) is 0 Å². The number of H-pyrrole nitrogens is 1. The van der Waals surface area contributed by atoms with Crippen LogP contribution in [-0.4, -0.2) is 47.4 Å². The lowest BCUT2D eigenvalue weighted by molar-refractivity contribution is -0.136. The molecule has 3 N–H and O–H groups in total. The molecule has 2 amide bonds.